The Morgan fingerprint density at radius 3 is 2.76 bits per heavy atom. The van der Waals surface area contributed by atoms with Crippen molar-refractivity contribution in [2.24, 2.45) is 0 Å². The number of hydrogen-bond acceptors (Lipinski definition) is 4. The topological polar surface area (TPSA) is 55.4 Å². The first-order valence-corrected chi connectivity index (χ1v) is 7.92. The highest BCUT2D eigenvalue weighted by molar-refractivity contribution is 9.10. The Bertz CT molecular complexity index is 714. The van der Waals surface area contributed by atoms with E-state index in [0.717, 1.165) is 10.0 Å². The molecular formula is C14H11BrClNO3S. The molecular weight excluding hydrogens is 378 g/mol. The summed E-state index contributed by atoms with van der Waals surface area (Å²) in [6.45, 7) is 1.81. The van der Waals surface area contributed by atoms with Crippen LogP contribution in [0, 0.1) is 6.92 Å². The SMILES string of the molecule is COC(=O)c1scc(C)c1NC(=O)c1cc(Br)ccc1Cl. The number of aryl methyl sites for hydroxylation is 1. The molecule has 4 nitrogen and oxygen atoms in total. The number of hydrogen-bond donors (Lipinski definition) is 1. The summed E-state index contributed by atoms with van der Waals surface area (Å²) in [6, 6.07) is 4.99. The predicted molar refractivity (Wildman–Crippen MR) is 87.5 cm³/mol. The Labute approximate surface area is 139 Å². The van der Waals surface area contributed by atoms with Crippen molar-refractivity contribution in [2.45, 2.75) is 6.92 Å². The fourth-order valence-corrected chi connectivity index (χ4v) is 3.18. The number of esters is 1. The van der Waals surface area contributed by atoms with Crippen molar-refractivity contribution in [2.75, 3.05) is 12.4 Å². The Morgan fingerprint density at radius 2 is 2.10 bits per heavy atom. The van der Waals surface area contributed by atoms with Gasteiger partial charge < -0.3 is 10.1 Å². The maximum atomic E-state index is 12.3. The molecule has 2 rings (SSSR count). The Balaban J connectivity index is 2.34. The number of benzene rings is 1. The lowest BCUT2D eigenvalue weighted by molar-refractivity contribution is 0.0607. The van der Waals surface area contributed by atoms with Gasteiger partial charge in [-0.25, -0.2) is 4.79 Å². The van der Waals surface area contributed by atoms with Crippen LogP contribution in [-0.2, 0) is 4.74 Å². The number of methoxy groups -OCH3 is 1. The number of ether oxygens (including phenoxy) is 1. The third-order valence-corrected chi connectivity index (χ3v) is 4.66. The normalized spacial score (nSPS) is 10.3. The molecule has 2 aromatic rings. The third kappa shape index (κ3) is 3.45. The van der Waals surface area contributed by atoms with Crippen molar-refractivity contribution in [3.8, 4) is 0 Å². The number of carbonyl (C=O) groups is 2. The van der Waals surface area contributed by atoms with Gasteiger partial charge in [0.15, 0.2) is 0 Å². The van der Waals surface area contributed by atoms with Gasteiger partial charge in [-0.2, -0.15) is 0 Å². The second-order valence-corrected chi connectivity index (χ2v) is 6.40. The number of nitrogens with one attached hydrogen (secondary N) is 1. The lowest BCUT2D eigenvalue weighted by atomic mass is 10.2. The molecule has 0 aliphatic carbocycles. The molecule has 0 bridgehead atoms. The molecule has 0 atom stereocenters. The summed E-state index contributed by atoms with van der Waals surface area (Å²) in [4.78, 5) is 24.4. The molecule has 110 valence electrons. The lowest BCUT2D eigenvalue weighted by Crippen LogP contribution is -2.15. The fourth-order valence-electron chi connectivity index (χ4n) is 1.69. The van der Waals surface area contributed by atoms with E-state index in [4.69, 9.17) is 16.3 Å². The second-order valence-electron chi connectivity index (χ2n) is 4.19. The highest BCUT2D eigenvalue weighted by Crippen LogP contribution is 2.30. The van der Waals surface area contributed by atoms with Gasteiger partial charge in [0.1, 0.15) is 4.88 Å². The van der Waals surface area contributed by atoms with Gasteiger partial charge in [0.05, 0.1) is 23.4 Å². The smallest absolute Gasteiger partial charge is 0.350 e. The molecule has 21 heavy (non-hydrogen) atoms. The lowest BCUT2D eigenvalue weighted by Gasteiger charge is -2.09. The van der Waals surface area contributed by atoms with Crippen LogP contribution >= 0.6 is 38.9 Å². The van der Waals surface area contributed by atoms with Crippen LogP contribution in [0.4, 0.5) is 5.69 Å². The summed E-state index contributed by atoms with van der Waals surface area (Å²) in [5, 5.41) is 4.84. The number of halogens is 2. The quantitative estimate of drug-likeness (QED) is 0.787. The largest absolute Gasteiger partial charge is 0.465 e. The standard InChI is InChI=1S/C14H11BrClNO3S/c1-7-6-21-12(14(19)20-2)11(7)17-13(18)9-5-8(15)3-4-10(9)16/h3-6H,1-2H3,(H,17,18). The van der Waals surface area contributed by atoms with Crippen LogP contribution in [0.25, 0.3) is 0 Å². The first kappa shape index (κ1) is 16.0. The van der Waals surface area contributed by atoms with E-state index < -0.39 is 5.97 Å². The number of thiophene rings is 1. The van der Waals surface area contributed by atoms with E-state index in [0.29, 0.717) is 21.2 Å². The summed E-state index contributed by atoms with van der Waals surface area (Å²) in [5.41, 5.74) is 1.57. The summed E-state index contributed by atoms with van der Waals surface area (Å²) >= 11 is 10.5. The molecule has 0 fully saturated rings. The maximum Gasteiger partial charge on any atom is 0.350 e. The van der Waals surface area contributed by atoms with Gasteiger partial charge in [0.25, 0.3) is 5.91 Å². The van der Waals surface area contributed by atoms with Gasteiger partial charge in [-0.15, -0.1) is 11.3 Å². The van der Waals surface area contributed by atoms with Gasteiger partial charge in [0, 0.05) is 4.47 Å². The maximum absolute atomic E-state index is 12.3. The number of carbonyl (C=O) groups excluding carboxylic acids is 2. The number of amides is 1. The van der Waals surface area contributed by atoms with Crippen molar-refractivity contribution < 1.29 is 14.3 Å². The fraction of sp³-hybridized carbons (Fsp3) is 0.143. The Hall–Kier alpha value is -1.37. The van der Waals surface area contributed by atoms with Crippen LogP contribution in [0.5, 0.6) is 0 Å². The summed E-state index contributed by atoms with van der Waals surface area (Å²) in [6.07, 6.45) is 0. The zero-order valence-corrected chi connectivity index (χ0v) is 14.4. The first-order valence-electron chi connectivity index (χ1n) is 5.87. The molecule has 0 spiro atoms. The van der Waals surface area contributed by atoms with E-state index in [2.05, 4.69) is 21.2 Å². The van der Waals surface area contributed by atoms with E-state index in [9.17, 15) is 9.59 Å². The molecule has 0 aliphatic heterocycles. The second kappa shape index (κ2) is 6.60. The van der Waals surface area contributed by atoms with Crippen LogP contribution < -0.4 is 5.32 Å². The molecule has 1 N–H and O–H groups in total. The van der Waals surface area contributed by atoms with E-state index in [1.54, 1.807) is 30.5 Å². The molecule has 1 amide bonds. The minimum Gasteiger partial charge on any atom is -0.465 e. The Kier molecular flexibility index (Phi) is 5.03. The van der Waals surface area contributed by atoms with Crippen LogP contribution in [0.15, 0.2) is 28.1 Å². The van der Waals surface area contributed by atoms with E-state index in [1.807, 2.05) is 0 Å². The van der Waals surface area contributed by atoms with Crippen molar-refractivity contribution in [3.05, 3.63) is 49.1 Å². The molecule has 0 aliphatic rings. The molecule has 7 heteroatoms. The van der Waals surface area contributed by atoms with Crippen molar-refractivity contribution in [3.63, 3.8) is 0 Å². The highest BCUT2D eigenvalue weighted by Gasteiger charge is 2.20. The van der Waals surface area contributed by atoms with Gasteiger partial charge in [-0.1, -0.05) is 27.5 Å². The first-order chi connectivity index (χ1) is 9.93. The minimum absolute atomic E-state index is 0.326. The van der Waals surface area contributed by atoms with Crippen LogP contribution in [0.3, 0.4) is 0 Å². The molecule has 0 saturated carbocycles. The number of rotatable bonds is 3. The van der Waals surface area contributed by atoms with Gasteiger partial charge >= 0.3 is 5.97 Å². The van der Waals surface area contributed by atoms with Crippen LogP contribution in [-0.4, -0.2) is 19.0 Å². The molecule has 1 aromatic heterocycles. The number of anilines is 1. The van der Waals surface area contributed by atoms with Gasteiger partial charge in [-0.3, -0.25) is 4.79 Å². The van der Waals surface area contributed by atoms with Gasteiger partial charge in [0.2, 0.25) is 0 Å². The Morgan fingerprint density at radius 1 is 1.38 bits per heavy atom. The van der Waals surface area contributed by atoms with Crippen molar-refractivity contribution in [1.82, 2.24) is 0 Å². The molecule has 1 aromatic carbocycles. The predicted octanol–water partition coefficient (Wildman–Crippen LogP) is 4.51. The zero-order chi connectivity index (χ0) is 15.6. The highest BCUT2D eigenvalue weighted by atomic mass is 79.9. The van der Waals surface area contributed by atoms with Crippen molar-refractivity contribution >= 4 is 56.4 Å². The van der Waals surface area contributed by atoms with E-state index >= 15 is 0 Å². The van der Waals surface area contributed by atoms with E-state index in [-0.39, 0.29) is 5.91 Å². The third-order valence-electron chi connectivity index (χ3n) is 2.76. The van der Waals surface area contributed by atoms with E-state index in [1.165, 1.54) is 18.4 Å². The van der Waals surface area contributed by atoms with Crippen LogP contribution in [0.1, 0.15) is 25.6 Å². The van der Waals surface area contributed by atoms with Gasteiger partial charge in [-0.05, 0) is 36.1 Å². The molecule has 0 unspecified atom stereocenters. The average molecular weight is 389 g/mol. The summed E-state index contributed by atoms with van der Waals surface area (Å²) in [5.74, 6) is -0.864. The van der Waals surface area contributed by atoms with Crippen LogP contribution in [0.2, 0.25) is 5.02 Å². The molecule has 0 radical (unpaired) electrons. The summed E-state index contributed by atoms with van der Waals surface area (Å²) in [7, 11) is 1.30. The average Bonchev–Trinajstić information content (AvgIpc) is 2.82. The molecule has 0 saturated heterocycles. The molecule has 1 heterocycles. The monoisotopic (exact) mass is 387 g/mol. The minimum atomic E-state index is -0.483. The summed E-state index contributed by atoms with van der Waals surface area (Å²) < 4.78 is 5.45. The zero-order valence-electron chi connectivity index (χ0n) is 11.2. The van der Waals surface area contributed by atoms with Crippen molar-refractivity contribution in [1.29, 1.82) is 0 Å².